The van der Waals surface area contributed by atoms with Gasteiger partial charge in [0.2, 0.25) is 0 Å². The van der Waals surface area contributed by atoms with E-state index in [-0.39, 0.29) is 24.1 Å². The summed E-state index contributed by atoms with van der Waals surface area (Å²) in [4.78, 5) is 42.2. The van der Waals surface area contributed by atoms with Gasteiger partial charge in [-0.2, -0.15) is 0 Å². The zero-order valence-corrected chi connectivity index (χ0v) is 24.2. The summed E-state index contributed by atoms with van der Waals surface area (Å²) in [7, 11) is 0. The third-order valence-corrected chi connectivity index (χ3v) is 9.09. The fraction of sp³-hybridized carbons (Fsp3) is 0.242. The van der Waals surface area contributed by atoms with Crippen molar-refractivity contribution in [3.63, 3.8) is 0 Å². The minimum atomic E-state index is -0.429. The summed E-state index contributed by atoms with van der Waals surface area (Å²) in [6, 6.07) is 18.9. The van der Waals surface area contributed by atoms with Crippen molar-refractivity contribution in [3.05, 3.63) is 110 Å². The first-order valence-electron chi connectivity index (χ1n) is 13.9. The summed E-state index contributed by atoms with van der Waals surface area (Å²) in [6.45, 7) is 6.20. The number of urea groups is 1. The Bertz CT molecular complexity index is 1700. The number of aryl methyl sites for hydroxylation is 3. The summed E-state index contributed by atoms with van der Waals surface area (Å²) in [5, 5.41) is 6.74. The van der Waals surface area contributed by atoms with Crippen LogP contribution < -0.4 is 10.6 Å². The molecule has 208 valence electrons. The Morgan fingerprint density at radius 1 is 1.00 bits per heavy atom. The summed E-state index contributed by atoms with van der Waals surface area (Å²) in [5.74, 6) is -0.460. The zero-order chi connectivity index (χ0) is 28.7. The lowest BCUT2D eigenvalue weighted by Crippen LogP contribution is -2.30. The molecule has 2 aliphatic rings. The first-order valence-corrected chi connectivity index (χ1v) is 14.7. The second-order valence-electron chi connectivity index (χ2n) is 10.7. The second-order valence-corrected chi connectivity index (χ2v) is 11.8. The Kier molecular flexibility index (Phi) is 7.09. The molecule has 0 bridgehead atoms. The number of para-hydroxylation sites is 1. The van der Waals surface area contributed by atoms with Crippen molar-refractivity contribution in [2.75, 3.05) is 5.32 Å². The largest absolute Gasteiger partial charge is 0.329 e. The number of benzene rings is 2. The molecule has 1 aliphatic heterocycles. The smallest absolute Gasteiger partial charge is 0.322 e. The maximum absolute atomic E-state index is 13.7. The maximum atomic E-state index is 13.7. The molecule has 0 radical (unpaired) electrons. The van der Waals surface area contributed by atoms with E-state index >= 15 is 0 Å². The molecule has 2 N–H and O–H groups in total. The normalized spacial score (nSPS) is 15.8. The van der Waals surface area contributed by atoms with E-state index in [0.717, 1.165) is 75.6 Å². The van der Waals surface area contributed by atoms with Crippen LogP contribution in [0.15, 0.2) is 66.4 Å². The number of carbonyl (C=O) groups is 3. The van der Waals surface area contributed by atoms with E-state index in [4.69, 9.17) is 0 Å². The van der Waals surface area contributed by atoms with Crippen molar-refractivity contribution in [2.45, 2.75) is 53.0 Å². The summed E-state index contributed by atoms with van der Waals surface area (Å²) in [6.07, 6.45) is 5.78. The van der Waals surface area contributed by atoms with Crippen molar-refractivity contribution < 1.29 is 14.4 Å². The van der Waals surface area contributed by atoms with Gasteiger partial charge in [-0.1, -0.05) is 48.0 Å². The number of thiophene rings is 1. The molecule has 1 fully saturated rings. The Morgan fingerprint density at radius 3 is 2.49 bits per heavy atom. The molecule has 7 nitrogen and oxygen atoms in total. The number of anilines is 1. The van der Waals surface area contributed by atoms with Gasteiger partial charge >= 0.3 is 6.03 Å². The topological polar surface area (TPSA) is 83.4 Å². The quantitative estimate of drug-likeness (QED) is 0.202. The van der Waals surface area contributed by atoms with Crippen LogP contribution in [0.5, 0.6) is 0 Å². The molecule has 2 aromatic heterocycles. The third kappa shape index (κ3) is 5.11. The van der Waals surface area contributed by atoms with Gasteiger partial charge in [0.05, 0.1) is 12.1 Å². The van der Waals surface area contributed by atoms with Crippen molar-refractivity contribution >= 4 is 40.9 Å². The van der Waals surface area contributed by atoms with E-state index in [1.165, 1.54) is 9.78 Å². The summed E-state index contributed by atoms with van der Waals surface area (Å²) < 4.78 is 2.11. The van der Waals surface area contributed by atoms with E-state index in [9.17, 15) is 14.4 Å². The third-order valence-electron chi connectivity index (χ3n) is 7.81. The predicted molar refractivity (Wildman–Crippen MR) is 162 cm³/mol. The lowest BCUT2D eigenvalue weighted by Gasteiger charge is -2.14. The second kappa shape index (κ2) is 10.9. The molecule has 0 unspecified atom stereocenters. The molecule has 8 heteroatoms. The molecular weight excluding hydrogens is 532 g/mol. The molecular formula is C33H32N4O3S. The number of carbonyl (C=O) groups excluding carboxylic acids is 3. The number of hydrogen-bond donors (Lipinski definition) is 2. The molecule has 1 saturated heterocycles. The molecule has 0 spiro atoms. The number of imide groups is 1. The molecule has 2 aromatic carbocycles. The van der Waals surface area contributed by atoms with Gasteiger partial charge in [0.15, 0.2) is 0 Å². The van der Waals surface area contributed by atoms with Crippen molar-refractivity contribution in [2.24, 2.45) is 0 Å². The van der Waals surface area contributed by atoms with E-state index in [2.05, 4.69) is 15.2 Å². The Labute approximate surface area is 243 Å². The highest BCUT2D eigenvalue weighted by molar-refractivity contribution is 7.15. The van der Waals surface area contributed by atoms with E-state index in [1.807, 2.05) is 81.4 Å². The van der Waals surface area contributed by atoms with Gasteiger partial charge in [-0.15, -0.1) is 11.3 Å². The van der Waals surface area contributed by atoms with Gasteiger partial charge < -0.3 is 15.2 Å². The van der Waals surface area contributed by atoms with E-state index in [0.29, 0.717) is 0 Å². The van der Waals surface area contributed by atoms with Crippen LogP contribution >= 0.6 is 11.3 Å². The minimum Gasteiger partial charge on any atom is -0.322 e. The molecule has 4 amide bonds. The van der Waals surface area contributed by atoms with Crippen LogP contribution in [0, 0.1) is 20.8 Å². The monoisotopic (exact) mass is 564 g/mol. The van der Waals surface area contributed by atoms with Crippen LogP contribution in [0.3, 0.4) is 0 Å². The lowest BCUT2D eigenvalue weighted by molar-refractivity contribution is -0.123. The van der Waals surface area contributed by atoms with Gasteiger partial charge in [-0.3, -0.25) is 14.5 Å². The van der Waals surface area contributed by atoms with Crippen LogP contribution in [0.4, 0.5) is 10.5 Å². The Balaban J connectivity index is 1.34. The summed E-state index contributed by atoms with van der Waals surface area (Å²) >= 11 is 1.68. The average molecular weight is 565 g/mol. The van der Waals surface area contributed by atoms with Gasteiger partial charge in [-0.25, -0.2) is 4.79 Å². The number of nitrogens with one attached hydrogen (secondary N) is 2. The van der Waals surface area contributed by atoms with Crippen LogP contribution in [0.25, 0.3) is 11.1 Å². The SMILES string of the molecule is Cc1ccc(CN2C(=O)N/C(=C/c3cc(C)n(-c4sc5c(c4C(=O)Nc4ccccc4)CCCC5)c3C)C2=O)cc1. The first kappa shape index (κ1) is 26.8. The maximum Gasteiger partial charge on any atom is 0.329 e. The van der Waals surface area contributed by atoms with Crippen LogP contribution in [-0.4, -0.2) is 27.3 Å². The fourth-order valence-electron chi connectivity index (χ4n) is 5.65. The Morgan fingerprint density at radius 2 is 1.73 bits per heavy atom. The van der Waals surface area contributed by atoms with Gasteiger partial charge in [0.1, 0.15) is 10.7 Å². The molecule has 6 rings (SSSR count). The van der Waals surface area contributed by atoms with Crippen LogP contribution in [-0.2, 0) is 24.2 Å². The molecule has 3 heterocycles. The Hall–Kier alpha value is -4.43. The lowest BCUT2D eigenvalue weighted by atomic mass is 9.95. The van der Waals surface area contributed by atoms with Crippen molar-refractivity contribution in [1.29, 1.82) is 0 Å². The van der Waals surface area contributed by atoms with Crippen LogP contribution in [0.1, 0.15) is 61.7 Å². The highest BCUT2D eigenvalue weighted by atomic mass is 32.1. The highest BCUT2D eigenvalue weighted by Crippen LogP contribution is 2.39. The molecule has 4 aromatic rings. The van der Waals surface area contributed by atoms with Crippen molar-refractivity contribution in [3.8, 4) is 5.00 Å². The van der Waals surface area contributed by atoms with Gasteiger partial charge in [0.25, 0.3) is 11.8 Å². The number of aromatic nitrogens is 1. The van der Waals surface area contributed by atoms with E-state index < -0.39 is 6.03 Å². The molecule has 0 saturated carbocycles. The van der Waals surface area contributed by atoms with Crippen molar-refractivity contribution in [1.82, 2.24) is 14.8 Å². The number of fused-ring (bicyclic) bond motifs is 1. The standard InChI is InChI=1S/C33H32N4O3S/c1-20-13-15-23(16-14-20)19-36-31(39)27(35-33(36)40)18-24-17-21(2)37(22(24)3)32-29(26-11-7-8-12-28(26)41-32)30(38)34-25-9-5-4-6-10-25/h4-6,9-10,13-18H,7-8,11-12,19H2,1-3H3,(H,34,38)(H,35,40)/b27-18+. The number of rotatable bonds is 6. The number of hydrogen-bond acceptors (Lipinski definition) is 4. The van der Waals surface area contributed by atoms with Gasteiger partial charge in [0, 0.05) is 22.0 Å². The predicted octanol–water partition coefficient (Wildman–Crippen LogP) is 6.69. The summed E-state index contributed by atoms with van der Waals surface area (Å²) in [5.41, 5.74) is 7.56. The molecule has 1 aliphatic carbocycles. The zero-order valence-electron chi connectivity index (χ0n) is 23.4. The van der Waals surface area contributed by atoms with Gasteiger partial charge in [-0.05, 0) is 87.4 Å². The van der Waals surface area contributed by atoms with E-state index in [1.54, 1.807) is 17.4 Å². The highest BCUT2D eigenvalue weighted by Gasteiger charge is 2.34. The minimum absolute atomic E-state index is 0.108. The fourth-order valence-corrected chi connectivity index (χ4v) is 7.15. The molecule has 0 atom stereocenters. The first-order chi connectivity index (χ1) is 19.8. The average Bonchev–Trinajstić information content (AvgIpc) is 3.56. The number of amides is 4. The number of nitrogens with zero attached hydrogens (tertiary/aromatic N) is 2. The van der Waals surface area contributed by atoms with Crippen LogP contribution in [0.2, 0.25) is 0 Å². The molecule has 41 heavy (non-hydrogen) atoms.